The van der Waals surface area contributed by atoms with E-state index in [0.717, 1.165) is 79.2 Å². The fourth-order valence-electron chi connectivity index (χ4n) is 5.05. The number of benzene rings is 1. The van der Waals surface area contributed by atoms with Crippen LogP contribution in [0.1, 0.15) is 51.1 Å². The Labute approximate surface area is 295 Å². The minimum atomic E-state index is -5.19. The molecule has 1 amide bonds. The maximum absolute atomic E-state index is 13.1. The number of hydrogen-bond acceptors (Lipinski definition) is 10. The van der Waals surface area contributed by atoms with Crippen LogP contribution in [-0.4, -0.2) is 93.3 Å². The van der Waals surface area contributed by atoms with Gasteiger partial charge in [-0.25, -0.2) is 9.98 Å². The predicted octanol–water partition coefficient (Wildman–Crippen LogP) is -0.310. The number of aliphatic imine (C=N–C) groups is 1. The second kappa shape index (κ2) is 20.4. The maximum atomic E-state index is 13.1. The zero-order chi connectivity index (χ0) is 39.1. The van der Waals surface area contributed by atoms with Crippen LogP contribution in [0, 0.1) is 5.92 Å². The molecule has 288 valence electrons. The number of pyridine rings is 1. The lowest BCUT2D eigenvalue weighted by Gasteiger charge is -2.34. The molecule has 4 rings (SSSR count). The van der Waals surface area contributed by atoms with Crippen LogP contribution in [0.5, 0.6) is 5.75 Å². The fourth-order valence-corrected chi connectivity index (χ4v) is 5.05. The molecule has 0 unspecified atom stereocenters. The third kappa shape index (κ3) is 14.2. The number of nitrogens with one attached hydrogen (secondary N) is 2. The number of aromatic nitrogens is 1. The third-order valence-electron chi connectivity index (χ3n) is 7.93. The lowest BCUT2D eigenvalue weighted by Crippen LogP contribution is -3.21. The van der Waals surface area contributed by atoms with Crippen molar-refractivity contribution in [3.8, 4) is 5.75 Å². The summed E-state index contributed by atoms with van der Waals surface area (Å²) in [6, 6.07) is 9.67. The number of methoxy groups -OCH3 is 2. The molecule has 1 aromatic carbocycles. The molecule has 1 aromatic heterocycles. The number of Topliss-reactive ketones (excluding diaryl/α,β-unsaturated/α-hetero) is 1. The van der Waals surface area contributed by atoms with E-state index < -0.39 is 24.3 Å². The smallest absolute Gasteiger partial charge is 0.430 e. The van der Waals surface area contributed by atoms with Gasteiger partial charge in [-0.15, -0.1) is 0 Å². The van der Waals surface area contributed by atoms with E-state index >= 15 is 0 Å². The SMILES string of the molecule is CCC(=O)CCCCC[C@H](NC(=O)C1C[NH+](CCOC)C1)C1=NC=C(c2cc(OC)c3ccccc3n2)[NH2+]1.O=C([O-])C(F)(F)F.O=C([O-])C(F)(F)F. The molecular formula is C33H41F6N5O8. The van der Waals surface area contributed by atoms with Gasteiger partial charge in [-0.1, -0.05) is 31.9 Å². The normalized spacial score (nSPS) is 17.2. The van der Waals surface area contributed by atoms with Gasteiger partial charge in [0.05, 0.1) is 38.5 Å². The topological polar surface area (TPSA) is 191 Å². The number of aliphatic carboxylic acids is 2. The summed E-state index contributed by atoms with van der Waals surface area (Å²) in [5, 5.41) is 23.8. The molecule has 52 heavy (non-hydrogen) atoms. The van der Waals surface area contributed by atoms with Crippen molar-refractivity contribution < 1.29 is 75.4 Å². The highest BCUT2D eigenvalue weighted by Gasteiger charge is 2.39. The van der Waals surface area contributed by atoms with Crippen LogP contribution in [0.15, 0.2) is 41.5 Å². The number of fused-ring (bicyclic) bond motifs is 1. The van der Waals surface area contributed by atoms with Gasteiger partial charge in [0.15, 0.2) is 5.70 Å². The summed E-state index contributed by atoms with van der Waals surface area (Å²) < 4.78 is 73.9. The summed E-state index contributed by atoms with van der Waals surface area (Å²) >= 11 is 0. The quantitative estimate of drug-likeness (QED) is 0.162. The van der Waals surface area contributed by atoms with E-state index in [2.05, 4.69) is 5.32 Å². The van der Waals surface area contributed by atoms with Crippen LogP contribution in [0.4, 0.5) is 26.3 Å². The zero-order valence-electron chi connectivity index (χ0n) is 28.7. The number of hydrogen-bond donors (Lipinski definition) is 3. The molecule has 0 radical (unpaired) electrons. The van der Waals surface area contributed by atoms with Crippen LogP contribution in [0.3, 0.4) is 0 Å². The number of amides is 1. The van der Waals surface area contributed by atoms with E-state index in [1.165, 1.54) is 4.90 Å². The molecule has 2 aromatic rings. The number of alkyl halides is 6. The summed E-state index contributed by atoms with van der Waals surface area (Å²) in [6.45, 7) is 5.21. The number of likely N-dealkylation sites (tertiary alicyclic amines) is 1. The van der Waals surface area contributed by atoms with Crippen molar-refractivity contribution in [1.82, 2.24) is 10.3 Å². The Bertz CT molecular complexity index is 1570. The molecule has 2 aliphatic heterocycles. The van der Waals surface area contributed by atoms with Gasteiger partial charge in [-0.2, -0.15) is 26.3 Å². The molecule has 0 bridgehead atoms. The molecule has 0 aliphatic carbocycles. The van der Waals surface area contributed by atoms with Crippen molar-refractivity contribution in [1.29, 1.82) is 0 Å². The molecule has 1 fully saturated rings. The summed E-state index contributed by atoms with van der Waals surface area (Å²) in [7, 11) is 3.37. The minimum Gasteiger partial charge on any atom is -0.542 e. The first-order chi connectivity index (χ1) is 24.4. The second-order valence-electron chi connectivity index (χ2n) is 11.7. The molecule has 0 spiro atoms. The Hall–Kier alpha value is -4.62. The third-order valence-corrected chi connectivity index (χ3v) is 7.93. The Morgan fingerprint density at radius 2 is 1.62 bits per heavy atom. The van der Waals surface area contributed by atoms with Gasteiger partial charge in [0, 0.05) is 31.4 Å². The molecule has 3 heterocycles. The van der Waals surface area contributed by atoms with Crippen molar-refractivity contribution >= 4 is 46.1 Å². The zero-order valence-corrected chi connectivity index (χ0v) is 28.7. The number of unbranched alkanes of at least 4 members (excludes halogenated alkanes) is 2. The molecule has 19 heteroatoms. The number of ether oxygens (including phenoxy) is 2. The lowest BCUT2D eigenvalue weighted by atomic mass is 9.97. The second-order valence-corrected chi connectivity index (χ2v) is 11.7. The summed E-state index contributed by atoms with van der Waals surface area (Å²) in [4.78, 5) is 53.3. The van der Waals surface area contributed by atoms with E-state index in [-0.39, 0.29) is 17.9 Å². The molecule has 13 nitrogen and oxygen atoms in total. The summed E-state index contributed by atoms with van der Waals surface area (Å²) in [5.41, 5.74) is 2.55. The minimum absolute atomic E-state index is 0.0207. The van der Waals surface area contributed by atoms with Gasteiger partial charge >= 0.3 is 12.4 Å². The highest BCUT2D eigenvalue weighted by molar-refractivity contribution is 5.92. The molecule has 0 saturated carbocycles. The number of carboxylic acid groups (broad SMARTS) is 2. The van der Waals surface area contributed by atoms with Gasteiger partial charge in [0.25, 0.3) is 0 Å². The number of carbonyl (C=O) groups is 4. The number of quaternary nitrogens is 2. The number of para-hydroxylation sites is 1. The van der Waals surface area contributed by atoms with Gasteiger partial charge in [-0.05, 0) is 25.0 Å². The number of nitrogens with two attached hydrogens (primary N) is 1. The molecular weight excluding hydrogens is 708 g/mol. The van der Waals surface area contributed by atoms with Crippen LogP contribution in [0.2, 0.25) is 0 Å². The van der Waals surface area contributed by atoms with E-state index in [1.54, 1.807) is 14.2 Å². The maximum Gasteiger partial charge on any atom is 0.430 e. The van der Waals surface area contributed by atoms with Crippen molar-refractivity contribution in [3.63, 3.8) is 0 Å². The highest BCUT2D eigenvalue weighted by atomic mass is 19.4. The number of halogens is 6. The monoisotopic (exact) mass is 749 g/mol. The van der Waals surface area contributed by atoms with Crippen LogP contribution >= 0.6 is 0 Å². The van der Waals surface area contributed by atoms with Crippen LogP contribution in [-0.2, 0) is 23.9 Å². The number of ketones is 1. The first-order valence-electron chi connectivity index (χ1n) is 16.2. The Balaban J connectivity index is 0.000000564. The Morgan fingerprint density at radius 3 is 2.17 bits per heavy atom. The predicted molar refractivity (Wildman–Crippen MR) is 169 cm³/mol. The van der Waals surface area contributed by atoms with Gasteiger partial charge in [0.2, 0.25) is 11.7 Å². The number of rotatable bonds is 15. The van der Waals surface area contributed by atoms with E-state index in [9.17, 15) is 35.9 Å². The van der Waals surface area contributed by atoms with Crippen molar-refractivity contribution in [2.75, 3.05) is 40.5 Å². The number of carboxylic acids is 2. The summed E-state index contributed by atoms with van der Waals surface area (Å²) in [5.74, 6) is -3.99. The molecule has 1 atom stereocenters. The van der Waals surface area contributed by atoms with Crippen LogP contribution in [0.25, 0.3) is 16.6 Å². The summed E-state index contributed by atoms with van der Waals surface area (Å²) in [6.07, 6.45) is -3.81. The Morgan fingerprint density at radius 1 is 1.00 bits per heavy atom. The molecule has 4 N–H and O–H groups in total. The number of amidine groups is 1. The van der Waals surface area contributed by atoms with Crippen molar-refractivity contribution in [2.45, 2.75) is 63.8 Å². The number of carbonyl (C=O) groups excluding carboxylic acids is 4. The largest absolute Gasteiger partial charge is 0.542 e. The van der Waals surface area contributed by atoms with Crippen LogP contribution < -0.4 is 30.5 Å². The first kappa shape index (κ1) is 43.5. The Kier molecular flexibility index (Phi) is 17.1. The van der Waals surface area contributed by atoms with E-state index in [4.69, 9.17) is 39.3 Å². The van der Waals surface area contributed by atoms with E-state index in [0.29, 0.717) is 25.2 Å². The fraction of sp³-hybridized carbons (Fsp3) is 0.515. The standard InChI is InChI=1S/C29H39N5O4.2C2HF3O2/c1-4-21(35)10-6-5-7-13-24(33-29(36)20-18-34(19-20)14-15-37-2)28-30-17-26(32-28)25-16-27(38-3)22-11-8-9-12-23(22)31-25;2*3-2(4,5)1(6)7/h8-9,11-12,16-17,20,24H,4-7,10,13-15,18-19H2,1-3H3,(H,30,32)(H,33,36);2*(H,6,7)/t24-;;/m0../s1. The van der Waals surface area contributed by atoms with E-state index in [1.807, 2.05) is 48.8 Å². The average Bonchev–Trinajstić information content (AvgIpc) is 3.56. The molecule has 1 saturated heterocycles. The van der Waals surface area contributed by atoms with Crippen molar-refractivity contribution in [2.24, 2.45) is 10.9 Å². The first-order valence-corrected chi connectivity index (χ1v) is 16.2. The van der Waals surface area contributed by atoms with Gasteiger partial charge in [-0.3, -0.25) is 14.9 Å². The number of nitrogens with zero attached hydrogens (tertiary/aromatic N) is 2. The highest BCUT2D eigenvalue weighted by Crippen LogP contribution is 2.27. The van der Waals surface area contributed by atoms with Gasteiger partial charge < -0.3 is 39.5 Å². The average molecular weight is 750 g/mol. The van der Waals surface area contributed by atoms with Crippen molar-refractivity contribution in [3.05, 3.63) is 42.2 Å². The molecule has 2 aliphatic rings. The van der Waals surface area contributed by atoms with Gasteiger partial charge in [0.1, 0.15) is 47.7 Å². The lowest BCUT2D eigenvalue weighted by molar-refractivity contribution is -0.946.